The zero-order valence-corrected chi connectivity index (χ0v) is 6.80. The van der Waals surface area contributed by atoms with Crippen LogP contribution in [0.15, 0.2) is 12.2 Å². The molecule has 0 aliphatic carbocycles. The maximum atomic E-state index is 8.60. The van der Waals surface area contributed by atoms with Gasteiger partial charge in [0.2, 0.25) is 0 Å². The lowest BCUT2D eigenvalue weighted by atomic mass is 10.1. The molecular formula is C8H17NO. The average Bonchev–Trinajstić information content (AvgIpc) is 1.98. The molecule has 0 amide bonds. The van der Waals surface area contributed by atoms with Crippen molar-refractivity contribution in [1.82, 2.24) is 5.32 Å². The van der Waals surface area contributed by atoms with Crippen LogP contribution in [0.5, 0.6) is 0 Å². The molecule has 10 heavy (non-hydrogen) atoms. The van der Waals surface area contributed by atoms with Crippen LogP contribution < -0.4 is 5.32 Å². The molecule has 1 atom stereocenters. The number of allylic oxidation sites excluding steroid dienone is 1. The van der Waals surface area contributed by atoms with E-state index in [1.165, 1.54) is 0 Å². The van der Waals surface area contributed by atoms with E-state index in [4.69, 9.17) is 5.11 Å². The maximum Gasteiger partial charge on any atom is 0.0445 e. The van der Waals surface area contributed by atoms with Crippen LogP contribution in [-0.2, 0) is 0 Å². The fourth-order valence-electron chi connectivity index (χ4n) is 0.836. The number of hydrogen-bond donors (Lipinski definition) is 2. The third-order valence-corrected chi connectivity index (χ3v) is 1.54. The minimum Gasteiger partial charge on any atom is -0.396 e. The molecule has 0 radical (unpaired) electrons. The second kappa shape index (κ2) is 6.78. The van der Waals surface area contributed by atoms with Crippen molar-refractivity contribution in [2.45, 2.75) is 25.8 Å². The van der Waals surface area contributed by atoms with Gasteiger partial charge in [0.15, 0.2) is 0 Å². The fraction of sp³-hybridized carbons (Fsp3) is 0.750. The van der Waals surface area contributed by atoms with E-state index in [1.807, 2.05) is 20.0 Å². The molecule has 2 heteroatoms. The van der Waals surface area contributed by atoms with E-state index >= 15 is 0 Å². The highest BCUT2D eigenvalue weighted by Gasteiger charge is 2.00. The van der Waals surface area contributed by atoms with Crippen molar-refractivity contribution >= 4 is 0 Å². The Labute approximate surface area is 62.9 Å². The monoisotopic (exact) mass is 143 g/mol. The van der Waals surface area contributed by atoms with Crippen LogP contribution in [0, 0.1) is 0 Å². The van der Waals surface area contributed by atoms with Gasteiger partial charge >= 0.3 is 0 Å². The number of hydrogen-bond acceptors (Lipinski definition) is 2. The summed E-state index contributed by atoms with van der Waals surface area (Å²) in [5, 5.41) is 11.7. The first-order valence-corrected chi connectivity index (χ1v) is 3.74. The molecule has 2 nitrogen and oxygen atoms in total. The fourth-order valence-corrected chi connectivity index (χ4v) is 0.836. The zero-order chi connectivity index (χ0) is 7.82. The normalized spacial score (nSPS) is 14.3. The molecule has 0 spiro atoms. The van der Waals surface area contributed by atoms with Crippen LogP contribution in [0.4, 0.5) is 0 Å². The predicted molar refractivity (Wildman–Crippen MR) is 44.0 cm³/mol. The molecule has 0 fully saturated rings. The SMILES string of the molecule is C/C=C/CC(CCO)NC. The quantitative estimate of drug-likeness (QED) is 0.561. The van der Waals surface area contributed by atoms with Crippen molar-refractivity contribution in [2.75, 3.05) is 13.7 Å². The number of aliphatic hydroxyl groups is 1. The van der Waals surface area contributed by atoms with Crippen molar-refractivity contribution in [3.8, 4) is 0 Å². The smallest absolute Gasteiger partial charge is 0.0445 e. The Balaban J connectivity index is 3.39. The van der Waals surface area contributed by atoms with Gasteiger partial charge in [-0.05, 0) is 26.8 Å². The van der Waals surface area contributed by atoms with Gasteiger partial charge in [0, 0.05) is 12.6 Å². The van der Waals surface area contributed by atoms with Gasteiger partial charge in [-0.1, -0.05) is 12.2 Å². The lowest BCUT2D eigenvalue weighted by Gasteiger charge is -2.11. The van der Waals surface area contributed by atoms with E-state index in [0.717, 1.165) is 12.8 Å². The first-order valence-electron chi connectivity index (χ1n) is 3.74. The molecule has 0 bridgehead atoms. The van der Waals surface area contributed by atoms with E-state index in [9.17, 15) is 0 Å². The highest BCUT2D eigenvalue weighted by Crippen LogP contribution is 1.97. The largest absolute Gasteiger partial charge is 0.396 e. The van der Waals surface area contributed by atoms with E-state index in [0.29, 0.717) is 6.04 Å². The molecule has 0 aromatic carbocycles. The van der Waals surface area contributed by atoms with Gasteiger partial charge in [-0.2, -0.15) is 0 Å². The average molecular weight is 143 g/mol. The van der Waals surface area contributed by atoms with E-state index < -0.39 is 0 Å². The molecule has 2 N–H and O–H groups in total. The van der Waals surface area contributed by atoms with Crippen LogP contribution in [0.3, 0.4) is 0 Å². The number of aliphatic hydroxyl groups excluding tert-OH is 1. The third-order valence-electron chi connectivity index (χ3n) is 1.54. The maximum absolute atomic E-state index is 8.60. The van der Waals surface area contributed by atoms with Gasteiger partial charge in [0.05, 0.1) is 0 Å². The Hall–Kier alpha value is -0.340. The molecule has 0 aromatic rings. The molecule has 0 aliphatic rings. The summed E-state index contributed by atoms with van der Waals surface area (Å²) in [6.45, 7) is 2.27. The Morgan fingerprint density at radius 1 is 1.60 bits per heavy atom. The predicted octanol–water partition coefficient (Wildman–Crippen LogP) is 0.923. The molecule has 0 saturated heterocycles. The molecule has 60 valence electrons. The van der Waals surface area contributed by atoms with Gasteiger partial charge in [-0.3, -0.25) is 0 Å². The minimum atomic E-state index is 0.267. The molecule has 0 aromatic heterocycles. The van der Waals surface area contributed by atoms with Crippen LogP contribution in [0.2, 0.25) is 0 Å². The Morgan fingerprint density at radius 3 is 2.70 bits per heavy atom. The van der Waals surface area contributed by atoms with Crippen LogP contribution in [0.25, 0.3) is 0 Å². The third kappa shape index (κ3) is 4.53. The van der Waals surface area contributed by atoms with Crippen LogP contribution in [-0.4, -0.2) is 24.8 Å². The van der Waals surface area contributed by atoms with Crippen molar-refractivity contribution < 1.29 is 5.11 Å². The second-order valence-electron chi connectivity index (χ2n) is 2.30. The van der Waals surface area contributed by atoms with Gasteiger partial charge in [0.25, 0.3) is 0 Å². The first-order chi connectivity index (χ1) is 4.85. The molecule has 0 rings (SSSR count). The Bertz CT molecular complexity index is 91.3. The summed E-state index contributed by atoms with van der Waals surface area (Å²) in [5.41, 5.74) is 0. The van der Waals surface area contributed by atoms with Crippen molar-refractivity contribution in [1.29, 1.82) is 0 Å². The standard InChI is InChI=1S/C8H17NO/c1-3-4-5-8(9-2)6-7-10/h3-4,8-10H,5-7H2,1-2H3/b4-3+. The van der Waals surface area contributed by atoms with Gasteiger partial charge < -0.3 is 10.4 Å². The second-order valence-corrected chi connectivity index (χ2v) is 2.30. The summed E-state index contributed by atoms with van der Waals surface area (Å²) in [7, 11) is 1.92. The summed E-state index contributed by atoms with van der Waals surface area (Å²) in [6, 6.07) is 0.432. The van der Waals surface area contributed by atoms with Crippen molar-refractivity contribution in [3.63, 3.8) is 0 Å². The molecule has 0 heterocycles. The number of rotatable bonds is 5. The highest BCUT2D eigenvalue weighted by molar-refractivity contribution is 4.82. The summed E-state index contributed by atoms with van der Waals surface area (Å²) in [5.74, 6) is 0. The van der Waals surface area contributed by atoms with Crippen molar-refractivity contribution in [2.24, 2.45) is 0 Å². The van der Waals surface area contributed by atoms with Gasteiger partial charge in [0.1, 0.15) is 0 Å². The van der Waals surface area contributed by atoms with E-state index in [-0.39, 0.29) is 6.61 Å². The first kappa shape index (κ1) is 9.66. The lowest BCUT2D eigenvalue weighted by Crippen LogP contribution is -2.25. The van der Waals surface area contributed by atoms with Crippen molar-refractivity contribution in [3.05, 3.63) is 12.2 Å². The highest BCUT2D eigenvalue weighted by atomic mass is 16.3. The molecule has 0 aliphatic heterocycles. The van der Waals surface area contributed by atoms with E-state index in [1.54, 1.807) is 0 Å². The van der Waals surface area contributed by atoms with E-state index in [2.05, 4.69) is 11.4 Å². The summed E-state index contributed by atoms with van der Waals surface area (Å²) in [4.78, 5) is 0. The summed E-state index contributed by atoms with van der Waals surface area (Å²) >= 11 is 0. The molecule has 1 unspecified atom stereocenters. The van der Waals surface area contributed by atoms with Crippen LogP contribution >= 0.6 is 0 Å². The minimum absolute atomic E-state index is 0.267. The summed E-state index contributed by atoms with van der Waals surface area (Å²) in [6.07, 6.45) is 5.98. The molecule has 0 saturated carbocycles. The van der Waals surface area contributed by atoms with Gasteiger partial charge in [-0.25, -0.2) is 0 Å². The zero-order valence-electron chi connectivity index (χ0n) is 6.80. The Kier molecular flexibility index (Phi) is 6.55. The van der Waals surface area contributed by atoms with Gasteiger partial charge in [-0.15, -0.1) is 0 Å². The lowest BCUT2D eigenvalue weighted by molar-refractivity contribution is 0.268. The molecular weight excluding hydrogens is 126 g/mol. The Morgan fingerprint density at radius 2 is 2.30 bits per heavy atom. The topological polar surface area (TPSA) is 32.3 Å². The summed E-state index contributed by atoms with van der Waals surface area (Å²) < 4.78 is 0. The van der Waals surface area contributed by atoms with Crippen LogP contribution in [0.1, 0.15) is 19.8 Å². The number of nitrogens with one attached hydrogen (secondary N) is 1.